The molecular formula is C25H21FN2O4S. The lowest BCUT2D eigenvalue weighted by Gasteiger charge is -2.15. The van der Waals surface area contributed by atoms with Crippen LogP contribution in [0.4, 0.5) is 15.8 Å². The van der Waals surface area contributed by atoms with Crippen LogP contribution in [0.5, 0.6) is 5.75 Å². The fourth-order valence-corrected chi connectivity index (χ4v) is 4.51. The second kappa shape index (κ2) is 9.30. The Hall–Kier alpha value is -3.91. The first-order chi connectivity index (χ1) is 15.9. The normalized spacial score (nSPS) is 11.2. The molecule has 2 N–H and O–H groups in total. The number of amides is 1. The Morgan fingerprint density at radius 2 is 1.64 bits per heavy atom. The third-order valence-corrected chi connectivity index (χ3v) is 6.32. The number of rotatable bonds is 7. The number of hydrogen-bond acceptors (Lipinski definition) is 4. The summed E-state index contributed by atoms with van der Waals surface area (Å²) in [4.78, 5) is 12.5. The molecular weight excluding hydrogens is 443 g/mol. The summed E-state index contributed by atoms with van der Waals surface area (Å²) in [5.74, 6) is -1.13. The predicted molar refractivity (Wildman–Crippen MR) is 127 cm³/mol. The lowest BCUT2D eigenvalue weighted by atomic mass is 10.1. The van der Waals surface area contributed by atoms with Crippen LogP contribution in [-0.4, -0.2) is 20.9 Å². The van der Waals surface area contributed by atoms with Crippen molar-refractivity contribution in [3.63, 3.8) is 0 Å². The van der Waals surface area contributed by atoms with Gasteiger partial charge in [-0.15, -0.1) is 0 Å². The Morgan fingerprint density at radius 1 is 0.909 bits per heavy atom. The van der Waals surface area contributed by atoms with Gasteiger partial charge in [0, 0.05) is 5.39 Å². The Morgan fingerprint density at radius 3 is 2.42 bits per heavy atom. The van der Waals surface area contributed by atoms with Crippen molar-refractivity contribution < 1.29 is 22.3 Å². The van der Waals surface area contributed by atoms with Crippen molar-refractivity contribution in [1.29, 1.82) is 0 Å². The number of nitrogens with one attached hydrogen (secondary N) is 2. The molecule has 0 fully saturated rings. The van der Waals surface area contributed by atoms with E-state index in [9.17, 15) is 17.6 Å². The summed E-state index contributed by atoms with van der Waals surface area (Å²) in [6.07, 6.45) is 0. The number of anilines is 2. The zero-order valence-corrected chi connectivity index (χ0v) is 18.5. The lowest BCUT2D eigenvalue weighted by Crippen LogP contribution is -2.17. The summed E-state index contributed by atoms with van der Waals surface area (Å²) in [6.45, 7) is 2.05. The maximum atomic E-state index is 14.0. The van der Waals surface area contributed by atoms with E-state index in [1.807, 2.05) is 30.3 Å². The van der Waals surface area contributed by atoms with Crippen LogP contribution in [0, 0.1) is 5.82 Å². The first-order valence-electron chi connectivity index (χ1n) is 10.2. The molecule has 0 atom stereocenters. The molecule has 1 amide bonds. The third-order valence-electron chi connectivity index (χ3n) is 4.96. The quantitative estimate of drug-likeness (QED) is 0.382. The molecule has 0 radical (unpaired) electrons. The van der Waals surface area contributed by atoms with E-state index in [0.29, 0.717) is 12.3 Å². The van der Waals surface area contributed by atoms with E-state index in [4.69, 9.17) is 4.74 Å². The van der Waals surface area contributed by atoms with Gasteiger partial charge in [0.05, 0.1) is 28.4 Å². The molecule has 0 spiro atoms. The lowest BCUT2D eigenvalue weighted by molar-refractivity contribution is 0.102. The van der Waals surface area contributed by atoms with Gasteiger partial charge < -0.3 is 10.1 Å². The van der Waals surface area contributed by atoms with E-state index in [2.05, 4.69) is 10.0 Å². The van der Waals surface area contributed by atoms with Crippen molar-refractivity contribution >= 4 is 38.1 Å². The van der Waals surface area contributed by atoms with Crippen molar-refractivity contribution in [2.75, 3.05) is 16.6 Å². The van der Waals surface area contributed by atoms with Crippen molar-refractivity contribution in [3.05, 3.63) is 96.3 Å². The van der Waals surface area contributed by atoms with Gasteiger partial charge >= 0.3 is 0 Å². The van der Waals surface area contributed by atoms with Crippen LogP contribution in [-0.2, 0) is 10.0 Å². The predicted octanol–water partition coefficient (Wildman–Crippen LogP) is 5.43. The van der Waals surface area contributed by atoms with Gasteiger partial charge in [-0.05, 0) is 48.7 Å². The summed E-state index contributed by atoms with van der Waals surface area (Å²) >= 11 is 0. The van der Waals surface area contributed by atoms with Crippen LogP contribution >= 0.6 is 0 Å². The molecule has 0 aliphatic rings. The highest BCUT2D eigenvalue weighted by atomic mass is 32.2. The Balaban J connectivity index is 1.69. The molecule has 0 aromatic heterocycles. The molecule has 4 rings (SSSR count). The molecule has 0 aliphatic heterocycles. The van der Waals surface area contributed by atoms with Gasteiger partial charge in [-0.2, -0.15) is 0 Å². The van der Waals surface area contributed by atoms with Crippen LogP contribution in [0.25, 0.3) is 10.8 Å². The van der Waals surface area contributed by atoms with E-state index in [1.54, 1.807) is 19.1 Å². The molecule has 6 nitrogen and oxygen atoms in total. The van der Waals surface area contributed by atoms with Crippen molar-refractivity contribution in [2.45, 2.75) is 11.8 Å². The molecule has 4 aromatic rings. The fourth-order valence-electron chi connectivity index (χ4n) is 3.41. The van der Waals surface area contributed by atoms with Gasteiger partial charge in [-0.25, -0.2) is 12.8 Å². The first kappa shape index (κ1) is 22.3. The summed E-state index contributed by atoms with van der Waals surface area (Å²) in [5.41, 5.74) is 0.381. The van der Waals surface area contributed by atoms with Crippen molar-refractivity contribution in [3.8, 4) is 5.75 Å². The van der Waals surface area contributed by atoms with Gasteiger partial charge in [0.15, 0.2) is 0 Å². The standard InChI is InChI=1S/C25H21FN2O4S/c1-2-32-24-15-14-18(16-23(24)27-25(29)20-11-5-6-12-21(20)26)33(30,31)28-22-13-7-9-17-8-3-4-10-19(17)22/h3-16,28H,2H2,1H3,(H,27,29). The van der Waals surface area contributed by atoms with E-state index < -0.39 is 21.7 Å². The molecule has 0 saturated heterocycles. The Kier molecular flexibility index (Phi) is 6.28. The summed E-state index contributed by atoms with van der Waals surface area (Å²) in [7, 11) is -4.00. The van der Waals surface area contributed by atoms with Gasteiger partial charge in [0.1, 0.15) is 11.6 Å². The van der Waals surface area contributed by atoms with Gasteiger partial charge in [0.2, 0.25) is 0 Å². The summed E-state index contributed by atoms with van der Waals surface area (Å²) < 4.78 is 48.5. The van der Waals surface area contributed by atoms with Crippen molar-refractivity contribution in [1.82, 2.24) is 0 Å². The van der Waals surface area contributed by atoms with E-state index in [0.717, 1.165) is 10.8 Å². The zero-order chi connectivity index (χ0) is 23.4. The highest BCUT2D eigenvalue weighted by Gasteiger charge is 2.20. The second-order valence-corrected chi connectivity index (χ2v) is 8.84. The molecule has 0 bridgehead atoms. The second-order valence-electron chi connectivity index (χ2n) is 7.16. The van der Waals surface area contributed by atoms with E-state index >= 15 is 0 Å². The maximum absolute atomic E-state index is 14.0. The minimum absolute atomic E-state index is 0.0808. The number of sulfonamides is 1. The van der Waals surface area contributed by atoms with Gasteiger partial charge in [0.25, 0.3) is 15.9 Å². The fraction of sp³-hybridized carbons (Fsp3) is 0.0800. The Bertz CT molecular complexity index is 1430. The third kappa shape index (κ3) is 4.80. The van der Waals surface area contributed by atoms with Crippen LogP contribution in [0.3, 0.4) is 0 Å². The zero-order valence-electron chi connectivity index (χ0n) is 17.7. The van der Waals surface area contributed by atoms with Crippen LogP contribution in [0.15, 0.2) is 89.8 Å². The summed E-state index contributed by atoms with van der Waals surface area (Å²) in [5, 5.41) is 4.21. The highest BCUT2D eigenvalue weighted by molar-refractivity contribution is 7.92. The topological polar surface area (TPSA) is 84.5 Å². The molecule has 0 aliphatic carbocycles. The number of carbonyl (C=O) groups is 1. The number of halogens is 1. The summed E-state index contributed by atoms with van der Waals surface area (Å²) in [6, 6.07) is 22.4. The molecule has 33 heavy (non-hydrogen) atoms. The van der Waals surface area contributed by atoms with Gasteiger partial charge in [-0.1, -0.05) is 48.5 Å². The SMILES string of the molecule is CCOc1ccc(S(=O)(=O)Nc2cccc3ccccc23)cc1NC(=O)c1ccccc1F. The molecule has 0 unspecified atom stereocenters. The number of hydrogen-bond donors (Lipinski definition) is 2. The molecule has 0 saturated carbocycles. The monoisotopic (exact) mass is 464 g/mol. The smallest absolute Gasteiger partial charge is 0.261 e. The number of ether oxygens (including phenoxy) is 1. The largest absolute Gasteiger partial charge is 0.492 e. The first-order valence-corrected chi connectivity index (χ1v) is 11.7. The minimum atomic E-state index is -4.00. The van der Waals surface area contributed by atoms with Crippen molar-refractivity contribution in [2.24, 2.45) is 0 Å². The number of fused-ring (bicyclic) bond motifs is 1. The van der Waals surface area contributed by atoms with Crippen LogP contribution in [0.1, 0.15) is 17.3 Å². The average Bonchev–Trinajstić information content (AvgIpc) is 2.80. The number of carbonyl (C=O) groups excluding carboxylic acids is 1. The molecule has 0 heterocycles. The van der Waals surface area contributed by atoms with Gasteiger partial charge in [-0.3, -0.25) is 9.52 Å². The highest BCUT2D eigenvalue weighted by Crippen LogP contribution is 2.31. The molecule has 4 aromatic carbocycles. The van der Waals surface area contributed by atoms with Crippen LogP contribution < -0.4 is 14.8 Å². The number of benzene rings is 4. The van der Waals surface area contributed by atoms with E-state index in [-0.39, 0.29) is 21.9 Å². The minimum Gasteiger partial charge on any atom is -0.492 e. The maximum Gasteiger partial charge on any atom is 0.261 e. The van der Waals surface area contributed by atoms with E-state index in [1.165, 1.54) is 42.5 Å². The average molecular weight is 465 g/mol. The Labute approximate surface area is 191 Å². The van der Waals surface area contributed by atoms with Crippen LogP contribution in [0.2, 0.25) is 0 Å². The molecule has 8 heteroatoms. The molecule has 168 valence electrons.